The highest BCUT2D eigenvalue weighted by Gasteiger charge is 2.56. The Hall–Kier alpha value is -3.17. The van der Waals surface area contributed by atoms with E-state index >= 15 is 0 Å². The Morgan fingerprint density at radius 2 is 1.70 bits per heavy atom. The van der Waals surface area contributed by atoms with Crippen molar-refractivity contribution in [3.8, 4) is 0 Å². The molecular weight excluding hydrogens is 406 g/mol. The molecule has 30 heavy (non-hydrogen) atoms. The molecule has 2 aromatic rings. The van der Waals surface area contributed by atoms with Gasteiger partial charge in [-0.1, -0.05) is 36.4 Å². The summed E-state index contributed by atoms with van der Waals surface area (Å²) in [7, 11) is 0. The number of rotatable bonds is 0. The van der Waals surface area contributed by atoms with Crippen LogP contribution in [-0.4, -0.2) is 49.5 Å². The monoisotopic (exact) mass is 425 g/mol. The van der Waals surface area contributed by atoms with Gasteiger partial charge in [-0.15, -0.1) is 11.8 Å². The van der Waals surface area contributed by atoms with Crippen molar-refractivity contribution in [2.24, 2.45) is 0 Å². The molecule has 0 aromatic heterocycles. The van der Waals surface area contributed by atoms with E-state index in [1.165, 1.54) is 24.9 Å². The summed E-state index contributed by atoms with van der Waals surface area (Å²) in [5.74, 6) is -1.84. The first-order valence-electron chi connectivity index (χ1n) is 9.21. The quantitative estimate of drug-likeness (QED) is 0.697. The summed E-state index contributed by atoms with van der Waals surface area (Å²) < 4.78 is 0. The molecule has 0 saturated heterocycles. The lowest BCUT2D eigenvalue weighted by atomic mass is 9.93. The Labute approximate surface area is 176 Å². The van der Waals surface area contributed by atoms with Crippen molar-refractivity contribution in [1.82, 2.24) is 14.9 Å². The van der Waals surface area contributed by atoms with Crippen LogP contribution in [0.4, 0.5) is 4.79 Å². The number of carbonyl (C=O) groups excluding carboxylic acids is 4. The van der Waals surface area contributed by atoms with Gasteiger partial charge in [-0.2, -0.15) is 9.91 Å². The Bertz CT molecular complexity index is 1150. The van der Waals surface area contributed by atoms with Crippen molar-refractivity contribution in [2.75, 3.05) is 5.75 Å². The van der Waals surface area contributed by atoms with E-state index in [0.717, 1.165) is 39.5 Å². The summed E-state index contributed by atoms with van der Waals surface area (Å²) in [6.45, 7) is 3.38. The average molecular weight is 425 g/mol. The number of fused-ring (bicyclic) bond motifs is 5. The predicted molar refractivity (Wildman–Crippen MR) is 110 cm³/mol. The van der Waals surface area contributed by atoms with Crippen molar-refractivity contribution in [2.45, 2.75) is 31.4 Å². The zero-order chi connectivity index (χ0) is 21.8. The predicted octanol–water partition coefficient (Wildman–Crippen LogP) is 2.57. The third kappa shape index (κ3) is 2.73. The number of imide groups is 3. The van der Waals surface area contributed by atoms with Gasteiger partial charge in [0.25, 0.3) is 0 Å². The first-order valence-corrected chi connectivity index (χ1v) is 10.2. The van der Waals surface area contributed by atoms with Gasteiger partial charge in [0.05, 0.1) is 0 Å². The molecule has 0 fully saturated rings. The molecule has 1 N–H and O–H groups in total. The number of hydrazine groups is 1. The fourth-order valence-corrected chi connectivity index (χ4v) is 5.17. The number of aliphatic hydroxyl groups is 1. The standard InChI is InChI=1S/C21H19N3O5S/c1-12(25)22-10-16-11-30-19-17-7-5-4-6-15(17)8-9-18(19)21(16,29)24(22)20(28)23(13(2)26)14(3)27/h4-10,29H,11H2,1-3H3. The second kappa shape index (κ2) is 6.96. The van der Waals surface area contributed by atoms with Crippen LogP contribution in [0.1, 0.15) is 26.3 Å². The Balaban J connectivity index is 1.95. The van der Waals surface area contributed by atoms with Gasteiger partial charge in [-0.3, -0.25) is 14.4 Å². The second-order valence-corrected chi connectivity index (χ2v) is 8.10. The van der Waals surface area contributed by atoms with Crippen LogP contribution in [-0.2, 0) is 20.1 Å². The van der Waals surface area contributed by atoms with Crippen LogP contribution in [0.15, 0.2) is 53.1 Å². The highest BCUT2D eigenvalue weighted by molar-refractivity contribution is 7.99. The molecule has 0 bridgehead atoms. The maximum Gasteiger partial charge on any atom is 0.356 e. The highest BCUT2D eigenvalue weighted by atomic mass is 32.2. The molecule has 0 spiro atoms. The van der Waals surface area contributed by atoms with Crippen molar-refractivity contribution in [3.05, 3.63) is 53.7 Å². The van der Waals surface area contributed by atoms with Gasteiger partial charge in [0, 0.05) is 48.8 Å². The lowest BCUT2D eigenvalue weighted by Crippen LogP contribution is -2.60. The average Bonchev–Trinajstić information content (AvgIpc) is 3.00. The zero-order valence-electron chi connectivity index (χ0n) is 16.6. The van der Waals surface area contributed by atoms with Gasteiger partial charge in [0.1, 0.15) is 0 Å². The third-order valence-corrected chi connectivity index (χ3v) is 6.38. The fraction of sp³-hybridized carbons (Fsp3) is 0.238. The molecule has 9 heteroatoms. The maximum atomic E-state index is 13.3. The van der Waals surface area contributed by atoms with E-state index in [0.29, 0.717) is 21.8 Å². The van der Waals surface area contributed by atoms with Gasteiger partial charge in [-0.05, 0) is 10.8 Å². The number of nitrogens with zero attached hydrogens (tertiary/aromatic N) is 3. The molecule has 2 heterocycles. The van der Waals surface area contributed by atoms with Crippen LogP contribution in [0, 0.1) is 0 Å². The molecule has 2 aliphatic heterocycles. The number of amides is 5. The van der Waals surface area contributed by atoms with E-state index in [1.807, 2.05) is 30.3 Å². The Morgan fingerprint density at radius 1 is 1.03 bits per heavy atom. The summed E-state index contributed by atoms with van der Waals surface area (Å²) in [6.07, 6.45) is 1.39. The summed E-state index contributed by atoms with van der Waals surface area (Å²) in [5, 5.41) is 15.5. The van der Waals surface area contributed by atoms with Gasteiger partial charge in [-0.25, -0.2) is 9.80 Å². The molecule has 0 aliphatic carbocycles. The van der Waals surface area contributed by atoms with E-state index in [2.05, 4.69) is 0 Å². The molecule has 154 valence electrons. The van der Waals surface area contributed by atoms with Crippen LogP contribution in [0.25, 0.3) is 10.8 Å². The minimum atomic E-state index is -2.00. The van der Waals surface area contributed by atoms with E-state index in [-0.39, 0.29) is 0 Å². The second-order valence-electron chi connectivity index (χ2n) is 7.11. The number of urea groups is 1. The lowest BCUT2D eigenvalue weighted by Gasteiger charge is -2.42. The van der Waals surface area contributed by atoms with Crippen molar-refractivity contribution >= 4 is 46.3 Å². The largest absolute Gasteiger partial charge is 0.362 e. The number of thioether (sulfide) groups is 1. The molecule has 0 saturated carbocycles. The summed E-state index contributed by atoms with van der Waals surface area (Å²) in [6, 6.07) is 10.1. The molecule has 2 aliphatic rings. The van der Waals surface area contributed by atoms with E-state index in [4.69, 9.17) is 0 Å². The summed E-state index contributed by atoms with van der Waals surface area (Å²) >= 11 is 1.49. The molecule has 5 amide bonds. The van der Waals surface area contributed by atoms with Crippen LogP contribution in [0.3, 0.4) is 0 Å². The SMILES string of the molecule is CC(=O)N(C(C)=O)C(=O)N1N(C(C)=O)C=C2CSc3c(ccc4ccccc34)C21O. The minimum absolute atomic E-state index is 0.325. The van der Waals surface area contributed by atoms with E-state index in [1.54, 1.807) is 6.07 Å². The first kappa shape index (κ1) is 20.1. The molecular formula is C21H19N3O5S. The molecule has 8 nitrogen and oxygen atoms in total. The number of hydrogen-bond acceptors (Lipinski definition) is 6. The molecule has 0 radical (unpaired) electrons. The topological polar surface area (TPSA) is 98.2 Å². The van der Waals surface area contributed by atoms with Gasteiger partial charge >= 0.3 is 6.03 Å². The zero-order valence-corrected chi connectivity index (χ0v) is 17.4. The van der Waals surface area contributed by atoms with Crippen LogP contribution < -0.4 is 0 Å². The normalized spacial score (nSPS) is 19.8. The van der Waals surface area contributed by atoms with Crippen LogP contribution in [0.5, 0.6) is 0 Å². The smallest absolute Gasteiger partial charge is 0.356 e. The van der Waals surface area contributed by atoms with Crippen molar-refractivity contribution in [1.29, 1.82) is 0 Å². The minimum Gasteiger partial charge on any atom is -0.362 e. The lowest BCUT2D eigenvalue weighted by molar-refractivity contribution is -0.165. The number of carbonyl (C=O) groups is 4. The number of benzene rings is 2. The Morgan fingerprint density at radius 3 is 2.33 bits per heavy atom. The third-order valence-electron chi connectivity index (χ3n) is 5.20. The van der Waals surface area contributed by atoms with Gasteiger partial charge in [0.15, 0.2) is 0 Å². The van der Waals surface area contributed by atoms with Gasteiger partial charge < -0.3 is 5.11 Å². The van der Waals surface area contributed by atoms with Crippen molar-refractivity contribution in [3.63, 3.8) is 0 Å². The number of hydrogen-bond donors (Lipinski definition) is 1. The molecule has 2 aromatic carbocycles. The van der Waals surface area contributed by atoms with Crippen molar-refractivity contribution < 1.29 is 24.3 Å². The highest BCUT2D eigenvalue weighted by Crippen LogP contribution is 2.51. The summed E-state index contributed by atoms with van der Waals surface area (Å²) in [4.78, 5) is 50.8. The van der Waals surface area contributed by atoms with E-state index in [9.17, 15) is 24.3 Å². The first-order chi connectivity index (χ1) is 14.2. The molecule has 1 atom stereocenters. The summed E-state index contributed by atoms with van der Waals surface area (Å²) in [5.41, 5.74) is -1.19. The van der Waals surface area contributed by atoms with E-state index < -0.39 is 29.5 Å². The van der Waals surface area contributed by atoms with Gasteiger partial charge in [0.2, 0.25) is 23.4 Å². The van der Waals surface area contributed by atoms with Crippen LogP contribution >= 0.6 is 11.8 Å². The molecule has 4 rings (SSSR count). The van der Waals surface area contributed by atoms with Crippen LogP contribution in [0.2, 0.25) is 0 Å². The molecule has 1 unspecified atom stereocenters. The Kier molecular flexibility index (Phi) is 4.67. The maximum absolute atomic E-state index is 13.3. The fourth-order valence-electron chi connectivity index (χ4n) is 3.88.